The third-order valence-corrected chi connectivity index (χ3v) is 4.92. The van der Waals surface area contributed by atoms with Crippen LogP contribution in [-0.4, -0.2) is 36.9 Å². The van der Waals surface area contributed by atoms with Crippen molar-refractivity contribution in [3.63, 3.8) is 0 Å². The van der Waals surface area contributed by atoms with E-state index >= 15 is 0 Å². The van der Waals surface area contributed by atoms with Crippen LogP contribution in [0.2, 0.25) is 0 Å². The molecule has 0 radical (unpaired) electrons. The summed E-state index contributed by atoms with van der Waals surface area (Å²) in [7, 11) is 0. The average molecular weight is 450 g/mol. The van der Waals surface area contributed by atoms with Gasteiger partial charge < -0.3 is 24.7 Å². The Kier molecular flexibility index (Phi) is 13.1. The minimum atomic E-state index is -1.34. The first kappa shape index (κ1) is 27.7. The van der Waals surface area contributed by atoms with Gasteiger partial charge in [-0.15, -0.1) is 0 Å². The summed E-state index contributed by atoms with van der Waals surface area (Å²) in [6.07, 6.45) is 1.23. The number of rotatable bonds is 12. The number of carbonyl (C=O) groups excluding carboxylic acids is 3. The Bertz CT molecular complexity index is 826. The van der Waals surface area contributed by atoms with Crippen molar-refractivity contribution in [2.45, 2.75) is 45.2 Å². The van der Waals surface area contributed by atoms with Crippen LogP contribution in [0, 0.1) is 5.92 Å². The molecule has 7 heteroatoms. The number of nitrogens with one attached hydrogen (secondary N) is 1. The molecule has 0 aromatic heterocycles. The van der Waals surface area contributed by atoms with Crippen LogP contribution in [0.5, 0.6) is 0 Å². The molecule has 160 valence electrons. The molecular weight excluding hydrogens is 421 g/mol. The molecular formula is C24H28KNO5. The summed E-state index contributed by atoms with van der Waals surface area (Å²) in [6, 6.07) is 16.5. The minimum absolute atomic E-state index is 0. The van der Waals surface area contributed by atoms with Crippen molar-refractivity contribution in [2.24, 2.45) is 5.92 Å². The number of hydrogen-bond acceptors (Lipinski definition) is 6. The van der Waals surface area contributed by atoms with E-state index in [2.05, 4.69) is 5.32 Å². The summed E-state index contributed by atoms with van der Waals surface area (Å²) in [4.78, 5) is 34.3. The zero-order valence-electron chi connectivity index (χ0n) is 18.4. The Balaban J connectivity index is 0.00000480. The molecule has 0 saturated heterocycles. The Morgan fingerprint density at radius 1 is 1.06 bits per heavy atom. The van der Waals surface area contributed by atoms with Crippen LogP contribution in [0.3, 0.4) is 0 Å². The van der Waals surface area contributed by atoms with E-state index < -0.39 is 17.9 Å². The van der Waals surface area contributed by atoms with Gasteiger partial charge in [-0.1, -0.05) is 61.5 Å². The molecule has 0 saturated carbocycles. The normalized spacial score (nSPS) is 13.4. The molecule has 0 aliphatic carbocycles. The van der Waals surface area contributed by atoms with E-state index in [0.717, 1.165) is 16.7 Å². The molecule has 0 heterocycles. The summed E-state index contributed by atoms with van der Waals surface area (Å²) in [5, 5.41) is 14.4. The molecule has 0 amide bonds. The van der Waals surface area contributed by atoms with Gasteiger partial charge in [-0.05, 0) is 36.5 Å². The standard InChI is InChI=1S/C24H29NO5.K/c1-3-30-24(29)17(2)15-21(25-22(13-14-26)23(27)28)16-18-9-11-20(12-10-18)19-7-5-4-6-8-19;/h4-12,14,17,21-22,25H,3,13,15-16H2,1-2H3,(H,27,28);/q;+1/p-1/t17-,21+,22?;/m1./s1. The number of aldehydes is 1. The van der Waals surface area contributed by atoms with Crippen molar-refractivity contribution >= 4 is 18.2 Å². The zero-order valence-corrected chi connectivity index (χ0v) is 21.5. The number of esters is 1. The number of ether oxygens (including phenoxy) is 1. The van der Waals surface area contributed by atoms with Crippen LogP contribution in [0.4, 0.5) is 0 Å². The van der Waals surface area contributed by atoms with Gasteiger partial charge in [0, 0.05) is 12.5 Å². The van der Waals surface area contributed by atoms with Crippen molar-refractivity contribution in [3.8, 4) is 11.1 Å². The van der Waals surface area contributed by atoms with Crippen LogP contribution in [0.25, 0.3) is 11.1 Å². The van der Waals surface area contributed by atoms with Crippen molar-refractivity contribution < 1.29 is 75.6 Å². The van der Waals surface area contributed by atoms with E-state index in [4.69, 9.17) is 4.74 Å². The Labute approximate surface area is 226 Å². The first-order valence-corrected chi connectivity index (χ1v) is 10.2. The fourth-order valence-corrected chi connectivity index (χ4v) is 3.38. The SMILES string of the molecule is CCOC(=O)[C@H](C)C[C@@H](Cc1ccc(-c2ccccc2)cc1)NC(CC=O)C(=O)[O-].[K+]. The zero-order chi connectivity index (χ0) is 21.9. The predicted molar refractivity (Wildman–Crippen MR) is 112 cm³/mol. The molecule has 6 nitrogen and oxygen atoms in total. The number of aliphatic carboxylic acids is 1. The fraction of sp³-hybridized carbons (Fsp3) is 0.375. The molecule has 0 aliphatic rings. The smallest absolute Gasteiger partial charge is 0.548 e. The van der Waals surface area contributed by atoms with E-state index in [1.165, 1.54) is 0 Å². The van der Waals surface area contributed by atoms with E-state index in [1.54, 1.807) is 13.8 Å². The van der Waals surface area contributed by atoms with Gasteiger partial charge >= 0.3 is 57.4 Å². The van der Waals surface area contributed by atoms with E-state index in [0.29, 0.717) is 19.1 Å². The third kappa shape index (κ3) is 9.35. The molecule has 1 N–H and O–H groups in total. The maximum Gasteiger partial charge on any atom is 1.00 e. The van der Waals surface area contributed by atoms with Gasteiger partial charge in [0.2, 0.25) is 0 Å². The van der Waals surface area contributed by atoms with Crippen LogP contribution < -0.4 is 61.8 Å². The van der Waals surface area contributed by atoms with Crippen LogP contribution >= 0.6 is 0 Å². The maximum atomic E-state index is 12.0. The predicted octanol–water partition coefficient (Wildman–Crippen LogP) is -0.845. The van der Waals surface area contributed by atoms with Crippen LogP contribution in [-0.2, 0) is 25.5 Å². The molecule has 0 fully saturated rings. The van der Waals surface area contributed by atoms with Crippen LogP contribution in [0.1, 0.15) is 32.3 Å². The van der Waals surface area contributed by atoms with E-state index in [1.807, 2.05) is 54.6 Å². The number of carboxylic acid groups (broad SMARTS) is 1. The van der Waals surface area contributed by atoms with Crippen molar-refractivity contribution in [1.82, 2.24) is 5.32 Å². The number of hydrogen-bond donors (Lipinski definition) is 1. The number of carbonyl (C=O) groups is 3. The number of carboxylic acids is 1. The molecule has 0 aliphatic heterocycles. The molecule has 2 aromatic carbocycles. The maximum absolute atomic E-state index is 12.0. The second kappa shape index (κ2) is 14.7. The molecule has 0 bridgehead atoms. The Morgan fingerprint density at radius 2 is 1.68 bits per heavy atom. The van der Waals surface area contributed by atoms with E-state index in [9.17, 15) is 19.5 Å². The summed E-state index contributed by atoms with van der Waals surface area (Å²) in [5.74, 6) is -2.08. The Hall–Kier alpha value is -1.35. The summed E-state index contributed by atoms with van der Waals surface area (Å²) < 4.78 is 5.07. The summed E-state index contributed by atoms with van der Waals surface area (Å²) in [5.41, 5.74) is 3.18. The van der Waals surface area contributed by atoms with Crippen molar-refractivity contribution in [3.05, 3.63) is 60.2 Å². The first-order valence-electron chi connectivity index (χ1n) is 10.2. The number of benzene rings is 2. The molecule has 0 spiro atoms. The average Bonchev–Trinajstić information content (AvgIpc) is 2.74. The molecule has 2 aromatic rings. The molecule has 31 heavy (non-hydrogen) atoms. The van der Waals surface area contributed by atoms with Gasteiger partial charge in [-0.3, -0.25) is 4.79 Å². The summed E-state index contributed by atoms with van der Waals surface area (Å²) in [6.45, 7) is 3.78. The van der Waals surface area contributed by atoms with Gasteiger partial charge in [-0.2, -0.15) is 0 Å². The second-order valence-electron chi connectivity index (χ2n) is 7.29. The molecule has 2 rings (SSSR count). The van der Waals surface area contributed by atoms with Crippen molar-refractivity contribution in [1.29, 1.82) is 0 Å². The first-order chi connectivity index (χ1) is 14.4. The van der Waals surface area contributed by atoms with Gasteiger partial charge in [0.1, 0.15) is 6.29 Å². The fourth-order valence-electron chi connectivity index (χ4n) is 3.38. The van der Waals surface area contributed by atoms with Gasteiger partial charge in [0.05, 0.1) is 24.5 Å². The van der Waals surface area contributed by atoms with Crippen LogP contribution in [0.15, 0.2) is 54.6 Å². The minimum Gasteiger partial charge on any atom is -0.548 e. The third-order valence-electron chi connectivity index (χ3n) is 4.92. The topological polar surface area (TPSA) is 95.5 Å². The monoisotopic (exact) mass is 449 g/mol. The molecule has 3 atom stereocenters. The van der Waals surface area contributed by atoms with Gasteiger partial charge in [0.15, 0.2) is 0 Å². The largest absolute Gasteiger partial charge is 1.00 e. The second-order valence-corrected chi connectivity index (χ2v) is 7.29. The quantitative estimate of drug-likeness (QED) is 0.258. The Morgan fingerprint density at radius 3 is 2.23 bits per heavy atom. The summed E-state index contributed by atoms with van der Waals surface area (Å²) >= 11 is 0. The van der Waals surface area contributed by atoms with Gasteiger partial charge in [-0.25, -0.2) is 0 Å². The van der Waals surface area contributed by atoms with E-state index in [-0.39, 0.29) is 76.4 Å². The van der Waals surface area contributed by atoms with Gasteiger partial charge in [0.25, 0.3) is 0 Å². The van der Waals surface area contributed by atoms with Crippen molar-refractivity contribution in [2.75, 3.05) is 6.61 Å². The molecule has 1 unspecified atom stereocenters.